The van der Waals surface area contributed by atoms with Gasteiger partial charge in [0.15, 0.2) is 5.13 Å². The van der Waals surface area contributed by atoms with Crippen LogP contribution in [0.2, 0.25) is 5.02 Å². The summed E-state index contributed by atoms with van der Waals surface area (Å²) >= 11 is 7.34. The summed E-state index contributed by atoms with van der Waals surface area (Å²) in [6.45, 7) is 0.698. The van der Waals surface area contributed by atoms with Crippen LogP contribution < -0.4 is 16.0 Å². The van der Waals surface area contributed by atoms with Crippen molar-refractivity contribution < 1.29 is 14.3 Å². The zero-order chi connectivity index (χ0) is 17.4. The Morgan fingerprint density at radius 1 is 1.29 bits per heavy atom. The Morgan fingerprint density at radius 2 is 2.08 bits per heavy atom. The summed E-state index contributed by atoms with van der Waals surface area (Å²) in [6, 6.07) is 7.24. The summed E-state index contributed by atoms with van der Waals surface area (Å²) in [5.41, 5.74) is 0.942. The molecular formula is C15H17ClN4O3S. The van der Waals surface area contributed by atoms with Crippen molar-refractivity contribution in [3.05, 3.63) is 40.4 Å². The molecule has 0 saturated heterocycles. The molecule has 24 heavy (non-hydrogen) atoms. The van der Waals surface area contributed by atoms with Crippen LogP contribution in [0.1, 0.15) is 10.5 Å². The summed E-state index contributed by atoms with van der Waals surface area (Å²) in [6.07, 6.45) is 0. The second-order valence-corrected chi connectivity index (χ2v) is 5.93. The van der Waals surface area contributed by atoms with Gasteiger partial charge in [0, 0.05) is 19.0 Å². The molecule has 0 bridgehead atoms. The highest BCUT2D eigenvalue weighted by molar-refractivity contribution is 7.14. The van der Waals surface area contributed by atoms with Crippen molar-refractivity contribution in [2.24, 2.45) is 0 Å². The Morgan fingerprint density at radius 3 is 2.83 bits per heavy atom. The Labute approximate surface area is 148 Å². The van der Waals surface area contributed by atoms with Crippen LogP contribution in [-0.4, -0.2) is 43.6 Å². The van der Waals surface area contributed by atoms with Gasteiger partial charge in [-0.25, -0.2) is 4.98 Å². The minimum absolute atomic E-state index is 0.118. The number of anilines is 2. The number of para-hydroxylation sites is 1. The van der Waals surface area contributed by atoms with Crippen LogP contribution >= 0.6 is 22.9 Å². The van der Waals surface area contributed by atoms with E-state index in [1.807, 2.05) is 18.2 Å². The second kappa shape index (κ2) is 9.21. The number of thiazole rings is 1. The molecule has 0 aliphatic rings. The van der Waals surface area contributed by atoms with Crippen LogP contribution in [0.15, 0.2) is 29.6 Å². The first-order chi connectivity index (χ1) is 11.6. The third-order valence-corrected chi connectivity index (χ3v) is 3.98. The largest absolute Gasteiger partial charge is 0.383 e. The third-order valence-electron chi connectivity index (χ3n) is 2.89. The molecular weight excluding hydrogens is 352 g/mol. The molecule has 0 radical (unpaired) electrons. The van der Waals surface area contributed by atoms with Crippen molar-refractivity contribution in [2.75, 3.05) is 32.1 Å². The molecule has 1 aromatic carbocycles. The first kappa shape index (κ1) is 18.2. The van der Waals surface area contributed by atoms with Gasteiger partial charge >= 0.3 is 0 Å². The van der Waals surface area contributed by atoms with E-state index in [1.165, 1.54) is 11.3 Å². The molecule has 0 spiro atoms. The smallest absolute Gasteiger partial charge is 0.271 e. The first-order valence-electron chi connectivity index (χ1n) is 7.11. The van der Waals surface area contributed by atoms with E-state index >= 15 is 0 Å². The summed E-state index contributed by atoms with van der Waals surface area (Å²) in [7, 11) is 1.55. The number of nitrogens with zero attached hydrogens (tertiary/aromatic N) is 1. The van der Waals surface area contributed by atoms with E-state index < -0.39 is 5.91 Å². The van der Waals surface area contributed by atoms with Crippen LogP contribution in [-0.2, 0) is 9.53 Å². The lowest BCUT2D eigenvalue weighted by molar-refractivity contribution is -0.120. The van der Waals surface area contributed by atoms with Gasteiger partial charge in [0.2, 0.25) is 5.91 Å². The van der Waals surface area contributed by atoms with Gasteiger partial charge in [-0.05, 0) is 12.1 Å². The first-order valence-corrected chi connectivity index (χ1v) is 8.37. The number of aromatic nitrogens is 1. The predicted molar refractivity (Wildman–Crippen MR) is 94.1 cm³/mol. The van der Waals surface area contributed by atoms with E-state index in [4.69, 9.17) is 16.3 Å². The zero-order valence-electron chi connectivity index (χ0n) is 13.0. The average Bonchev–Trinajstić information content (AvgIpc) is 3.04. The number of rotatable bonds is 8. The normalized spacial score (nSPS) is 10.2. The number of carbonyl (C=O) groups excluding carboxylic acids is 2. The number of amides is 2. The number of halogens is 1. The summed E-state index contributed by atoms with van der Waals surface area (Å²) in [5, 5.41) is 10.9. The summed E-state index contributed by atoms with van der Waals surface area (Å²) in [5.74, 6) is -0.703. The molecule has 0 aliphatic heterocycles. The molecule has 0 unspecified atom stereocenters. The van der Waals surface area contributed by atoms with Crippen molar-refractivity contribution in [2.45, 2.75) is 0 Å². The lowest BCUT2D eigenvalue weighted by Gasteiger charge is -2.05. The number of hydrogen-bond acceptors (Lipinski definition) is 6. The van der Waals surface area contributed by atoms with Crippen LogP contribution in [0.5, 0.6) is 0 Å². The van der Waals surface area contributed by atoms with Crippen LogP contribution in [0, 0.1) is 0 Å². The Balaban J connectivity index is 1.85. The Hall–Kier alpha value is -2.16. The van der Waals surface area contributed by atoms with Crippen molar-refractivity contribution in [3.8, 4) is 0 Å². The van der Waals surface area contributed by atoms with E-state index in [9.17, 15) is 9.59 Å². The maximum absolute atomic E-state index is 12.0. The highest BCUT2D eigenvalue weighted by Crippen LogP contribution is 2.26. The topological polar surface area (TPSA) is 92.4 Å². The van der Waals surface area contributed by atoms with Gasteiger partial charge in [0.05, 0.1) is 23.9 Å². The molecule has 128 valence electrons. The van der Waals surface area contributed by atoms with E-state index in [0.717, 1.165) is 0 Å². The molecule has 0 saturated carbocycles. The van der Waals surface area contributed by atoms with Crippen LogP contribution in [0.4, 0.5) is 10.8 Å². The summed E-state index contributed by atoms with van der Waals surface area (Å²) < 4.78 is 4.82. The lowest BCUT2D eigenvalue weighted by Crippen LogP contribution is -2.38. The molecule has 2 aromatic rings. The highest BCUT2D eigenvalue weighted by atomic mass is 35.5. The fourth-order valence-electron chi connectivity index (χ4n) is 1.72. The quantitative estimate of drug-likeness (QED) is 0.620. The SMILES string of the molecule is COCCNC(=O)CNC(=O)c1csc(Nc2ccccc2Cl)n1. The van der Waals surface area contributed by atoms with Gasteiger partial charge < -0.3 is 20.7 Å². The monoisotopic (exact) mass is 368 g/mol. The van der Waals surface area contributed by atoms with Crippen LogP contribution in [0.3, 0.4) is 0 Å². The van der Waals surface area contributed by atoms with Crippen molar-refractivity contribution in [1.82, 2.24) is 15.6 Å². The fourth-order valence-corrected chi connectivity index (χ4v) is 2.61. The maximum atomic E-state index is 12.0. The second-order valence-electron chi connectivity index (χ2n) is 4.67. The number of benzene rings is 1. The minimum Gasteiger partial charge on any atom is -0.383 e. The molecule has 0 fully saturated rings. The van der Waals surface area contributed by atoms with Gasteiger partial charge in [0.25, 0.3) is 5.91 Å². The molecule has 1 heterocycles. The van der Waals surface area contributed by atoms with E-state index in [2.05, 4.69) is 20.9 Å². The number of ether oxygens (including phenoxy) is 1. The Kier molecular flexibility index (Phi) is 6.98. The van der Waals surface area contributed by atoms with Gasteiger partial charge in [-0.2, -0.15) is 0 Å². The molecule has 9 heteroatoms. The standard InChI is InChI=1S/C15H17ClN4O3S/c1-23-7-6-17-13(21)8-18-14(22)12-9-24-15(20-12)19-11-5-3-2-4-10(11)16/h2-5,9H,6-8H2,1H3,(H,17,21)(H,18,22)(H,19,20). The van der Waals surface area contributed by atoms with Gasteiger partial charge in [0.1, 0.15) is 5.69 Å². The van der Waals surface area contributed by atoms with Crippen molar-refractivity contribution in [1.29, 1.82) is 0 Å². The van der Waals surface area contributed by atoms with Gasteiger partial charge in [-0.15, -0.1) is 11.3 Å². The van der Waals surface area contributed by atoms with Gasteiger partial charge in [-0.1, -0.05) is 23.7 Å². The number of methoxy groups -OCH3 is 1. The molecule has 7 nitrogen and oxygen atoms in total. The lowest BCUT2D eigenvalue weighted by atomic mass is 10.3. The average molecular weight is 369 g/mol. The van der Waals surface area contributed by atoms with Gasteiger partial charge in [-0.3, -0.25) is 9.59 Å². The molecule has 0 atom stereocenters. The Bertz CT molecular complexity index is 708. The number of hydrogen-bond donors (Lipinski definition) is 3. The molecule has 0 aliphatic carbocycles. The fraction of sp³-hybridized carbons (Fsp3) is 0.267. The molecule has 2 amide bonds. The summed E-state index contributed by atoms with van der Waals surface area (Å²) in [4.78, 5) is 27.7. The minimum atomic E-state index is -0.416. The number of carbonyl (C=O) groups is 2. The maximum Gasteiger partial charge on any atom is 0.271 e. The zero-order valence-corrected chi connectivity index (χ0v) is 14.5. The predicted octanol–water partition coefficient (Wildman–Crippen LogP) is 2.03. The molecule has 3 N–H and O–H groups in total. The van der Waals surface area contributed by atoms with E-state index in [0.29, 0.717) is 29.0 Å². The molecule has 2 rings (SSSR count). The van der Waals surface area contributed by atoms with Crippen LogP contribution in [0.25, 0.3) is 0 Å². The third kappa shape index (κ3) is 5.48. The highest BCUT2D eigenvalue weighted by Gasteiger charge is 2.12. The molecule has 1 aromatic heterocycles. The number of nitrogens with one attached hydrogen (secondary N) is 3. The van der Waals surface area contributed by atoms with E-state index in [1.54, 1.807) is 18.6 Å². The van der Waals surface area contributed by atoms with Crippen molar-refractivity contribution >= 4 is 45.6 Å². The van der Waals surface area contributed by atoms with Crippen molar-refractivity contribution in [3.63, 3.8) is 0 Å². The van der Waals surface area contributed by atoms with E-state index in [-0.39, 0.29) is 18.1 Å².